The van der Waals surface area contributed by atoms with Crippen molar-refractivity contribution in [3.63, 3.8) is 0 Å². The number of sulfone groups is 1. The summed E-state index contributed by atoms with van der Waals surface area (Å²) in [4.78, 5) is 26.2. The van der Waals surface area contributed by atoms with Gasteiger partial charge in [-0.3, -0.25) is 14.2 Å². The molecule has 188 valence electrons. The largest absolute Gasteiger partial charge is 0.477 e. The Kier molecular flexibility index (Phi) is 7.54. The third-order valence-electron chi connectivity index (χ3n) is 5.17. The number of pyridine rings is 1. The second-order valence-corrected chi connectivity index (χ2v) is 9.76. The molecule has 36 heavy (non-hydrogen) atoms. The first kappa shape index (κ1) is 26.5. The SMILES string of the molecule is Cc1c(OCC#N)cc(C(=O)NCc2ccc(S(C)(=O)=O)cc2)c(=O)n1-c1cccc(C(F)(F)F)c1. The van der Waals surface area contributed by atoms with E-state index in [-0.39, 0.29) is 28.6 Å². The highest BCUT2D eigenvalue weighted by Gasteiger charge is 2.31. The van der Waals surface area contributed by atoms with Crippen molar-refractivity contribution >= 4 is 15.7 Å². The molecule has 2 aromatic carbocycles. The predicted octanol–water partition coefficient (Wildman–Crippen LogP) is 3.40. The minimum atomic E-state index is -4.66. The molecule has 0 spiro atoms. The molecule has 12 heteroatoms. The summed E-state index contributed by atoms with van der Waals surface area (Å²) in [5.74, 6) is -0.869. The zero-order valence-electron chi connectivity index (χ0n) is 19.1. The maximum atomic E-state index is 13.2. The van der Waals surface area contributed by atoms with Gasteiger partial charge in [-0.25, -0.2) is 8.42 Å². The van der Waals surface area contributed by atoms with Crippen molar-refractivity contribution in [3.8, 4) is 17.5 Å². The van der Waals surface area contributed by atoms with Crippen molar-refractivity contribution < 1.29 is 31.1 Å². The van der Waals surface area contributed by atoms with Gasteiger partial charge in [0, 0.05) is 24.6 Å². The molecule has 0 aliphatic rings. The third kappa shape index (κ3) is 5.92. The van der Waals surface area contributed by atoms with E-state index in [4.69, 9.17) is 10.00 Å². The van der Waals surface area contributed by atoms with Gasteiger partial charge in [-0.1, -0.05) is 18.2 Å². The molecule has 0 fully saturated rings. The van der Waals surface area contributed by atoms with Crippen LogP contribution >= 0.6 is 0 Å². The molecule has 3 aromatic rings. The van der Waals surface area contributed by atoms with Crippen LogP contribution in [0.4, 0.5) is 13.2 Å². The number of rotatable bonds is 7. The Balaban J connectivity index is 2.01. The summed E-state index contributed by atoms with van der Waals surface area (Å²) in [5, 5.41) is 11.4. The quantitative estimate of drug-likeness (QED) is 0.511. The van der Waals surface area contributed by atoms with Crippen LogP contribution in [0.5, 0.6) is 5.75 Å². The third-order valence-corrected chi connectivity index (χ3v) is 6.30. The summed E-state index contributed by atoms with van der Waals surface area (Å²) in [5.41, 5.74) is -1.79. The summed E-state index contributed by atoms with van der Waals surface area (Å²) in [6.45, 7) is 0.933. The van der Waals surface area contributed by atoms with Gasteiger partial charge in [0.15, 0.2) is 16.4 Å². The Morgan fingerprint density at radius 1 is 1.14 bits per heavy atom. The maximum absolute atomic E-state index is 13.2. The van der Waals surface area contributed by atoms with Gasteiger partial charge >= 0.3 is 6.18 Å². The molecule has 0 atom stereocenters. The smallest absolute Gasteiger partial charge is 0.416 e. The number of aromatic nitrogens is 1. The Morgan fingerprint density at radius 3 is 2.39 bits per heavy atom. The molecular formula is C24H20F3N3O5S. The van der Waals surface area contributed by atoms with E-state index in [0.717, 1.165) is 35.1 Å². The summed E-state index contributed by atoms with van der Waals surface area (Å²) in [7, 11) is -3.40. The first-order valence-electron chi connectivity index (χ1n) is 10.3. The van der Waals surface area contributed by atoms with Crippen molar-refractivity contribution in [2.24, 2.45) is 0 Å². The Labute approximate surface area is 204 Å². The van der Waals surface area contributed by atoms with E-state index < -0.39 is 45.2 Å². The van der Waals surface area contributed by atoms with Gasteiger partial charge < -0.3 is 10.1 Å². The lowest BCUT2D eigenvalue weighted by Gasteiger charge is -2.17. The zero-order chi connectivity index (χ0) is 26.7. The van der Waals surface area contributed by atoms with Gasteiger partial charge in [0.2, 0.25) is 0 Å². The maximum Gasteiger partial charge on any atom is 0.416 e. The standard InChI is InChI=1S/C24H20F3N3O5S/c1-15-21(35-11-10-28)13-20(22(31)29-14-16-6-8-19(9-7-16)36(2,33)34)23(32)30(15)18-5-3-4-17(12-18)24(25,26)27/h3-9,12-13H,11,14H2,1-2H3,(H,29,31). The molecule has 3 rings (SSSR count). The van der Waals surface area contributed by atoms with Gasteiger partial charge in [-0.15, -0.1) is 0 Å². The fraction of sp³-hybridized carbons (Fsp3) is 0.208. The Hall–Kier alpha value is -4.11. The lowest BCUT2D eigenvalue weighted by atomic mass is 10.1. The average Bonchev–Trinajstić information content (AvgIpc) is 2.81. The highest BCUT2D eigenvalue weighted by atomic mass is 32.2. The van der Waals surface area contributed by atoms with Crippen LogP contribution in [0.25, 0.3) is 5.69 Å². The van der Waals surface area contributed by atoms with Gasteiger partial charge in [0.25, 0.3) is 11.5 Å². The number of ether oxygens (including phenoxy) is 1. The zero-order valence-corrected chi connectivity index (χ0v) is 19.9. The van der Waals surface area contributed by atoms with Crippen molar-refractivity contribution in [2.45, 2.75) is 24.5 Å². The normalized spacial score (nSPS) is 11.6. The lowest BCUT2D eigenvalue weighted by Crippen LogP contribution is -2.33. The minimum Gasteiger partial charge on any atom is -0.477 e. The number of amides is 1. The summed E-state index contributed by atoms with van der Waals surface area (Å²) < 4.78 is 69.1. The fourth-order valence-electron chi connectivity index (χ4n) is 3.36. The van der Waals surface area contributed by atoms with E-state index in [1.165, 1.54) is 37.3 Å². The topological polar surface area (TPSA) is 118 Å². The van der Waals surface area contributed by atoms with Crippen LogP contribution in [-0.2, 0) is 22.6 Å². The van der Waals surface area contributed by atoms with E-state index in [1.807, 2.05) is 0 Å². The van der Waals surface area contributed by atoms with E-state index in [1.54, 1.807) is 6.07 Å². The molecule has 0 radical (unpaired) electrons. The molecule has 0 aliphatic carbocycles. The monoisotopic (exact) mass is 519 g/mol. The van der Waals surface area contributed by atoms with Crippen LogP contribution < -0.4 is 15.6 Å². The summed E-state index contributed by atoms with van der Waals surface area (Å²) >= 11 is 0. The molecule has 0 bridgehead atoms. The molecule has 1 aromatic heterocycles. The molecule has 1 N–H and O–H groups in total. The molecule has 1 amide bonds. The highest BCUT2D eigenvalue weighted by molar-refractivity contribution is 7.90. The number of hydrogen-bond acceptors (Lipinski definition) is 6. The molecule has 8 nitrogen and oxygen atoms in total. The van der Waals surface area contributed by atoms with E-state index in [2.05, 4.69) is 5.32 Å². The van der Waals surface area contributed by atoms with Gasteiger partial charge in [0.05, 0.1) is 16.2 Å². The van der Waals surface area contributed by atoms with Crippen LogP contribution in [0.15, 0.2) is 64.3 Å². The van der Waals surface area contributed by atoms with Gasteiger partial charge in [-0.2, -0.15) is 18.4 Å². The van der Waals surface area contributed by atoms with Crippen molar-refractivity contribution in [2.75, 3.05) is 12.9 Å². The Bertz CT molecular complexity index is 1510. The number of benzene rings is 2. The van der Waals surface area contributed by atoms with Crippen molar-refractivity contribution in [3.05, 3.63) is 87.3 Å². The number of nitrogens with one attached hydrogen (secondary N) is 1. The van der Waals surface area contributed by atoms with Crippen LogP contribution in [0.3, 0.4) is 0 Å². The first-order valence-corrected chi connectivity index (χ1v) is 12.2. The van der Waals surface area contributed by atoms with Crippen molar-refractivity contribution in [1.29, 1.82) is 5.26 Å². The predicted molar refractivity (Wildman–Crippen MR) is 124 cm³/mol. The van der Waals surface area contributed by atoms with Crippen LogP contribution in [-0.4, -0.2) is 31.8 Å². The second-order valence-electron chi connectivity index (χ2n) is 7.74. The fourth-order valence-corrected chi connectivity index (χ4v) is 3.99. The van der Waals surface area contributed by atoms with Crippen molar-refractivity contribution in [1.82, 2.24) is 9.88 Å². The summed E-state index contributed by atoms with van der Waals surface area (Å²) in [6, 6.07) is 12.6. The molecule has 0 saturated carbocycles. The number of nitrogens with zero attached hydrogens (tertiary/aromatic N) is 2. The number of carbonyl (C=O) groups excluding carboxylic acids is 1. The minimum absolute atomic E-state index is 0.0313. The molecule has 0 unspecified atom stereocenters. The van der Waals surface area contributed by atoms with Gasteiger partial charge in [0.1, 0.15) is 17.4 Å². The molecular weight excluding hydrogens is 499 g/mol. The molecule has 0 aliphatic heterocycles. The van der Waals surface area contributed by atoms with Crippen LogP contribution in [0.1, 0.15) is 27.2 Å². The van der Waals surface area contributed by atoms with E-state index in [9.17, 15) is 31.2 Å². The number of carbonyl (C=O) groups is 1. The number of hydrogen-bond donors (Lipinski definition) is 1. The van der Waals surface area contributed by atoms with E-state index >= 15 is 0 Å². The number of nitriles is 1. The van der Waals surface area contributed by atoms with Crippen LogP contribution in [0.2, 0.25) is 0 Å². The second kappa shape index (κ2) is 10.2. The molecule has 0 saturated heterocycles. The summed E-state index contributed by atoms with van der Waals surface area (Å²) in [6.07, 6.45) is -3.60. The van der Waals surface area contributed by atoms with Gasteiger partial charge in [-0.05, 0) is 42.8 Å². The average molecular weight is 520 g/mol. The number of halogens is 3. The Morgan fingerprint density at radius 2 is 1.81 bits per heavy atom. The molecule has 1 heterocycles. The highest BCUT2D eigenvalue weighted by Crippen LogP contribution is 2.31. The van der Waals surface area contributed by atoms with Crippen LogP contribution in [0, 0.1) is 18.3 Å². The number of alkyl halides is 3. The van der Waals surface area contributed by atoms with E-state index in [0.29, 0.717) is 5.56 Å². The first-order chi connectivity index (χ1) is 16.8. The lowest BCUT2D eigenvalue weighted by molar-refractivity contribution is -0.137.